The number of nitrogens with zero attached hydrogens (tertiary/aromatic N) is 4. The van der Waals surface area contributed by atoms with E-state index in [-0.39, 0.29) is 18.0 Å². The molecule has 8 heteroatoms. The minimum atomic E-state index is -0.159. The third-order valence-corrected chi connectivity index (χ3v) is 8.11. The van der Waals surface area contributed by atoms with E-state index in [2.05, 4.69) is 53.1 Å². The lowest BCUT2D eigenvalue weighted by atomic mass is 9.88. The Morgan fingerprint density at radius 1 is 1.11 bits per heavy atom. The van der Waals surface area contributed by atoms with Gasteiger partial charge >= 0.3 is 0 Å². The molecule has 1 aliphatic carbocycles. The van der Waals surface area contributed by atoms with E-state index in [0.717, 1.165) is 59.2 Å². The van der Waals surface area contributed by atoms with Crippen molar-refractivity contribution in [3.8, 4) is 0 Å². The highest BCUT2D eigenvalue weighted by Gasteiger charge is 2.30. The molecule has 0 unspecified atom stereocenters. The summed E-state index contributed by atoms with van der Waals surface area (Å²) in [6.45, 7) is 9.15. The van der Waals surface area contributed by atoms with E-state index >= 15 is 0 Å². The predicted molar refractivity (Wildman–Crippen MR) is 151 cm³/mol. The van der Waals surface area contributed by atoms with E-state index in [1.165, 1.54) is 12.8 Å². The second-order valence-corrected chi connectivity index (χ2v) is 10.6. The average molecular weight is 507 g/mol. The first-order valence-corrected chi connectivity index (χ1v) is 13.5. The van der Waals surface area contributed by atoms with Crippen molar-refractivity contribution in [1.82, 2.24) is 25.0 Å². The van der Waals surface area contributed by atoms with Crippen LogP contribution in [0.25, 0.3) is 10.9 Å². The number of aromatic nitrogens is 3. The maximum absolute atomic E-state index is 13.6. The summed E-state index contributed by atoms with van der Waals surface area (Å²) in [6, 6.07) is 4.96. The Bertz CT molecular complexity index is 1330. The summed E-state index contributed by atoms with van der Waals surface area (Å²) in [7, 11) is 6.27. The number of benzene rings is 1. The van der Waals surface area contributed by atoms with Gasteiger partial charge in [0.1, 0.15) is 0 Å². The Kier molecular flexibility index (Phi) is 8.07. The van der Waals surface area contributed by atoms with Gasteiger partial charge in [0.15, 0.2) is 0 Å². The molecule has 200 valence electrons. The van der Waals surface area contributed by atoms with Gasteiger partial charge in [-0.2, -0.15) is 5.10 Å². The summed E-state index contributed by atoms with van der Waals surface area (Å²) in [5, 5.41) is 8.69. The zero-order valence-corrected chi connectivity index (χ0v) is 23.4. The summed E-state index contributed by atoms with van der Waals surface area (Å²) in [5.41, 5.74) is 5.93. The Morgan fingerprint density at radius 3 is 2.38 bits per heavy atom. The van der Waals surface area contributed by atoms with E-state index in [1.807, 2.05) is 43.9 Å². The first-order chi connectivity index (χ1) is 17.7. The Balaban J connectivity index is 1.72. The van der Waals surface area contributed by atoms with Crippen LogP contribution in [0.4, 0.5) is 5.69 Å². The van der Waals surface area contributed by atoms with Crippen molar-refractivity contribution >= 4 is 22.5 Å². The van der Waals surface area contributed by atoms with Gasteiger partial charge in [-0.25, -0.2) is 0 Å². The number of fused-ring (bicyclic) bond motifs is 1. The number of aryl methyl sites for hydroxylation is 3. The lowest BCUT2D eigenvalue weighted by Gasteiger charge is -2.40. The molecule has 8 nitrogen and oxygen atoms in total. The predicted octanol–water partition coefficient (Wildman–Crippen LogP) is 4.07. The zero-order chi connectivity index (χ0) is 26.9. The summed E-state index contributed by atoms with van der Waals surface area (Å²) in [5.74, 6) is -0.159. The number of aromatic amines is 1. The molecular formula is C29H42N6O2. The van der Waals surface area contributed by atoms with Gasteiger partial charge in [0.05, 0.1) is 17.4 Å². The first-order valence-electron chi connectivity index (χ1n) is 13.5. The highest BCUT2D eigenvalue weighted by molar-refractivity contribution is 6.05. The van der Waals surface area contributed by atoms with Gasteiger partial charge in [0.2, 0.25) is 0 Å². The van der Waals surface area contributed by atoms with Gasteiger partial charge in [-0.3, -0.25) is 14.3 Å². The molecule has 0 spiro atoms. The maximum atomic E-state index is 13.6. The second-order valence-electron chi connectivity index (χ2n) is 10.6. The van der Waals surface area contributed by atoms with Crippen LogP contribution >= 0.6 is 0 Å². The van der Waals surface area contributed by atoms with E-state index in [9.17, 15) is 9.59 Å². The van der Waals surface area contributed by atoms with E-state index < -0.39 is 0 Å². The summed E-state index contributed by atoms with van der Waals surface area (Å²) in [6.07, 6.45) is 7.29. The van der Waals surface area contributed by atoms with Crippen LogP contribution in [0.3, 0.4) is 0 Å². The molecule has 37 heavy (non-hydrogen) atoms. The third kappa shape index (κ3) is 5.30. The quantitative estimate of drug-likeness (QED) is 0.481. The minimum Gasteiger partial charge on any atom is -0.368 e. The number of carbonyl (C=O) groups excluding carboxylic acids is 1. The average Bonchev–Trinajstić information content (AvgIpc) is 3.23. The van der Waals surface area contributed by atoms with Gasteiger partial charge in [0.25, 0.3) is 11.5 Å². The molecule has 0 aliphatic heterocycles. The maximum Gasteiger partial charge on any atom is 0.253 e. The van der Waals surface area contributed by atoms with Crippen molar-refractivity contribution in [1.29, 1.82) is 0 Å². The molecule has 1 aliphatic rings. The van der Waals surface area contributed by atoms with Crippen LogP contribution in [-0.2, 0) is 20.0 Å². The standard InChI is InChI=1S/C29H42N6O2/c1-8-22-23(28(36)30-16-24-18(3)14-19(4)32-29(24)37)15-26-25(17-31-34(26)7)27(22)35(9-2)21-12-10-20(11-13-21)33(5)6/h14-15,17,20-21H,8-13,16H2,1-7H3,(H,30,36)(H,32,37). The first kappa shape index (κ1) is 26.9. The van der Waals surface area contributed by atoms with Crippen molar-refractivity contribution in [2.24, 2.45) is 7.05 Å². The molecule has 2 heterocycles. The van der Waals surface area contributed by atoms with Gasteiger partial charge in [-0.05, 0) is 90.2 Å². The fourth-order valence-corrected chi connectivity index (χ4v) is 6.05. The lowest BCUT2D eigenvalue weighted by molar-refractivity contribution is 0.0950. The van der Waals surface area contributed by atoms with E-state index in [0.29, 0.717) is 23.2 Å². The normalized spacial score (nSPS) is 17.9. The number of H-pyrrole nitrogens is 1. The van der Waals surface area contributed by atoms with Crippen LogP contribution in [0, 0.1) is 13.8 Å². The summed E-state index contributed by atoms with van der Waals surface area (Å²) < 4.78 is 1.85. The lowest BCUT2D eigenvalue weighted by Crippen LogP contribution is -2.43. The molecule has 0 bridgehead atoms. The van der Waals surface area contributed by atoms with Crippen LogP contribution in [-0.4, -0.2) is 58.3 Å². The topological polar surface area (TPSA) is 86.3 Å². The number of amides is 1. The molecule has 0 radical (unpaired) electrons. The highest BCUT2D eigenvalue weighted by atomic mass is 16.1. The van der Waals surface area contributed by atoms with Crippen molar-refractivity contribution in [2.45, 2.75) is 78.4 Å². The molecule has 4 rings (SSSR count). The number of anilines is 1. The Labute approximate surface area is 220 Å². The number of hydrogen-bond donors (Lipinski definition) is 2. The Morgan fingerprint density at radius 2 is 1.78 bits per heavy atom. The fraction of sp³-hybridized carbons (Fsp3) is 0.552. The zero-order valence-electron chi connectivity index (χ0n) is 23.4. The van der Waals surface area contributed by atoms with Crippen LogP contribution in [0.15, 0.2) is 23.1 Å². The molecule has 1 aromatic carbocycles. The van der Waals surface area contributed by atoms with Crippen LogP contribution in [0.1, 0.15) is 72.3 Å². The fourth-order valence-electron chi connectivity index (χ4n) is 6.05. The van der Waals surface area contributed by atoms with Crippen LogP contribution in [0.2, 0.25) is 0 Å². The molecule has 0 saturated heterocycles. The number of pyridine rings is 1. The number of hydrogen-bond acceptors (Lipinski definition) is 5. The SMILES string of the molecule is CCc1c(C(=O)NCc2c(C)cc(C)[nH]c2=O)cc2c(cnn2C)c1N(CC)C1CCC(N(C)C)CC1. The number of rotatable bonds is 8. The van der Waals surface area contributed by atoms with Gasteiger partial charge in [-0.15, -0.1) is 0 Å². The van der Waals surface area contributed by atoms with E-state index in [4.69, 9.17) is 0 Å². The summed E-state index contributed by atoms with van der Waals surface area (Å²) >= 11 is 0. The summed E-state index contributed by atoms with van der Waals surface area (Å²) in [4.78, 5) is 33.9. The molecule has 1 fully saturated rings. The molecule has 2 aromatic heterocycles. The second kappa shape index (κ2) is 11.1. The molecule has 1 amide bonds. The van der Waals surface area contributed by atoms with Crippen LogP contribution < -0.4 is 15.8 Å². The minimum absolute atomic E-state index is 0.151. The van der Waals surface area contributed by atoms with Crippen molar-refractivity contribution in [3.63, 3.8) is 0 Å². The van der Waals surface area contributed by atoms with Crippen molar-refractivity contribution < 1.29 is 4.79 Å². The number of carbonyl (C=O) groups is 1. The molecule has 2 N–H and O–H groups in total. The third-order valence-electron chi connectivity index (χ3n) is 8.11. The van der Waals surface area contributed by atoms with E-state index in [1.54, 1.807) is 0 Å². The number of nitrogens with one attached hydrogen (secondary N) is 2. The van der Waals surface area contributed by atoms with Crippen molar-refractivity contribution in [3.05, 3.63) is 56.6 Å². The largest absolute Gasteiger partial charge is 0.368 e. The van der Waals surface area contributed by atoms with Gasteiger partial charge in [-0.1, -0.05) is 6.92 Å². The molecule has 1 saturated carbocycles. The van der Waals surface area contributed by atoms with Gasteiger partial charge in [0, 0.05) is 54.4 Å². The van der Waals surface area contributed by atoms with Gasteiger partial charge < -0.3 is 20.1 Å². The highest BCUT2D eigenvalue weighted by Crippen LogP contribution is 2.38. The van der Waals surface area contributed by atoms with Crippen LogP contribution in [0.5, 0.6) is 0 Å². The smallest absolute Gasteiger partial charge is 0.253 e. The molecular weight excluding hydrogens is 464 g/mol. The molecule has 3 aromatic rings. The monoisotopic (exact) mass is 506 g/mol. The molecule has 0 atom stereocenters. The Hall–Kier alpha value is -3.13. The van der Waals surface area contributed by atoms with Crippen molar-refractivity contribution in [2.75, 3.05) is 25.5 Å².